The summed E-state index contributed by atoms with van der Waals surface area (Å²) in [5.41, 5.74) is 6.28. The minimum absolute atomic E-state index is 0.0923. The van der Waals surface area contributed by atoms with E-state index in [1.54, 1.807) is 0 Å². The first kappa shape index (κ1) is 24.2. The molecule has 32 heavy (non-hydrogen) atoms. The maximum atomic E-state index is 12.7. The average Bonchev–Trinajstić information content (AvgIpc) is 3.18. The van der Waals surface area contributed by atoms with Gasteiger partial charge in [-0.1, -0.05) is 24.3 Å². The van der Waals surface area contributed by atoms with Crippen molar-refractivity contribution in [3.05, 3.63) is 29.8 Å². The molecule has 0 unspecified atom stereocenters. The highest BCUT2D eigenvalue weighted by Gasteiger charge is 2.51. The van der Waals surface area contributed by atoms with E-state index >= 15 is 0 Å². The molecule has 3 atom stereocenters. The van der Waals surface area contributed by atoms with Gasteiger partial charge in [0.15, 0.2) is 0 Å². The van der Waals surface area contributed by atoms with E-state index in [9.17, 15) is 19.5 Å². The predicted molar refractivity (Wildman–Crippen MR) is 119 cm³/mol. The smallest absolute Gasteiger partial charge is 0.399 e. The van der Waals surface area contributed by atoms with Crippen LogP contribution in [0.5, 0.6) is 0 Å². The molecule has 1 aromatic rings. The molecular formula is C22H32BN3O6. The molecule has 2 saturated heterocycles. The summed E-state index contributed by atoms with van der Waals surface area (Å²) in [6.07, 6.45) is -0.455. The van der Waals surface area contributed by atoms with Crippen molar-refractivity contribution in [3.8, 4) is 0 Å². The van der Waals surface area contributed by atoms with Crippen LogP contribution in [0.1, 0.15) is 46.6 Å². The summed E-state index contributed by atoms with van der Waals surface area (Å²) in [4.78, 5) is 37.8. The third-order valence-corrected chi connectivity index (χ3v) is 6.59. The molecule has 0 saturated carbocycles. The van der Waals surface area contributed by atoms with Crippen molar-refractivity contribution in [2.45, 2.75) is 76.9 Å². The molecular weight excluding hydrogens is 413 g/mol. The first-order chi connectivity index (χ1) is 14.8. The van der Waals surface area contributed by atoms with Crippen molar-refractivity contribution in [1.82, 2.24) is 10.2 Å². The number of rotatable bonds is 6. The number of primary amides is 1. The van der Waals surface area contributed by atoms with Gasteiger partial charge in [-0.15, -0.1) is 0 Å². The Morgan fingerprint density at radius 1 is 1.19 bits per heavy atom. The highest BCUT2D eigenvalue weighted by Crippen LogP contribution is 2.36. The van der Waals surface area contributed by atoms with E-state index in [4.69, 9.17) is 15.0 Å². The van der Waals surface area contributed by atoms with E-state index in [-0.39, 0.29) is 25.3 Å². The Hall–Kier alpha value is -2.43. The largest absolute Gasteiger partial charge is 0.494 e. The molecule has 174 valence electrons. The number of aliphatic hydroxyl groups is 1. The Labute approximate surface area is 188 Å². The Morgan fingerprint density at radius 2 is 1.75 bits per heavy atom. The van der Waals surface area contributed by atoms with Gasteiger partial charge in [0, 0.05) is 26.3 Å². The lowest BCUT2D eigenvalue weighted by molar-refractivity contribution is -0.138. The van der Waals surface area contributed by atoms with Crippen LogP contribution in [0.4, 0.5) is 0 Å². The Kier molecular flexibility index (Phi) is 6.69. The minimum Gasteiger partial charge on any atom is -0.399 e. The van der Waals surface area contributed by atoms with Crippen molar-refractivity contribution in [3.63, 3.8) is 0 Å². The van der Waals surface area contributed by atoms with Gasteiger partial charge in [0.1, 0.15) is 12.1 Å². The summed E-state index contributed by atoms with van der Waals surface area (Å²) in [5, 5.41) is 12.5. The third kappa shape index (κ3) is 4.97. The first-order valence-corrected chi connectivity index (χ1v) is 10.8. The number of benzene rings is 1. The molecule has 10 heteroatoms. The van der Waals surface area contributed by atoms with Gasteiger partial charge >= 0.3 is 7.12 Å². The molecule has 2 fully saturated rings. The van der Waals surface area contributed by atoms with Crippen molar-refractivity contribution < 1.29 is 28.8 Å². The Bertz CT molecular complexity index is 872. The summed E-state index contributed by atoms with van der Waals surface area (Å²) < 4.78 is 12.1. The van der Waals surface area contributed by atoms with Crippen molar-refractivity contribution in [2.24, 2.45) is 5.73 Å². The van der Waals surface area contributed by atoms with E-state index in [2.05, 4.69) is 5.32 Å². The zero-order chi connectivity index (χ0) is 23.8. The van der Waals surface area contributed by atoms with Crippen molar-refractivity contribution in [2.75, 3.05) is 6.54 Å². The highest BCUT2D eigenvalue weighted by molar-refractivity contribution is 6.62. The van der Waals surface area contributed by atoms with E-state index < -0.39 is 48.3 Å². The molecule has 2 heterocycles. The number of nitrogens with zero attached hydrogens (tertiary/aromatic N) is 1. The van der Waals surface area contributed by atoms with Gasteiger partial charge in [-0.25, -0.2) is 0 Å². The fourth-order valence-electron chi connectivity index (χ4n) is 3.93. The maximum absolute atomic E-state index is 12.7. The van der Waals surface area contributed by atoms with Crippen LogP contribution in [0, 0.1) is 0 Å². The lowest BCUT2D eigenvalue weighted by Gasteiger charge is -2.32. The lowest BCUT2D eigenvalue weighted by Crippen LogP contribution is -2.52. The number of hydrogen-bond donors (Lipinski definition) is 3. The number of likely N-dealkylation sites (tertiary alicyclic amines) is 1. The van der Waals surface area contributed by atoms with Crippen LogP contribution < -0.4 is 16.5 Å². The molecule has 0 spiro atoms. The van der Waals surface area contributed by atoms with Gasteiger partial charge in [-0.3, -0.25) is 14.4 Å². The van der Waals surface area contributed by atoms with Crippen LogP contribution in [-0.4, -0.2) is 70.8 Å². The summed E-state index contributed by atoms with van der Waals surface area (Å²) in [6.45, 7) is 9.37. The monoisotopic (exact) mass is 445 g/mol. The summed E-state index contributed by atoms with van der Waals surface area (Å²) in [5.74, 6) is -1.49. The molecule has 2 aliphatic heterocycles. The molecule has 4 N–H and O–H groups in total. The average molecular weight is 445 g/mol. The second-order valence-electron chi connectivity index (χ2n) is 9.57. The number of aliphatic hydroxyl groups excluding tert-OH is 1. The van der Waals surface area contributed by atoms with Gasteiger partial charge in [-0.05, 0) is 38.7 Å². The Morgan fingerprint density at radius 3 is 2.25 bits per heavy atom. The van der Waals surface area contributed by atoms with E-state index in [1.807, 2.05) is 52.0 Å². The number of hydrogen-bond acceptors (Lipinski definition) is 6. The van der Waals surface area contributed by atoms with Gasteiger partial charge in [0.05, 0.1) is 17.3 Å². The topological polar surface area (TPSA) is 131 Å². The van der Waals surface area contributed by atoms with Crippen LogP contribution in [0.3, 0.4) is 0 Å². The van der Waals surface area contributed by atoms with Gasteiger partial charge in [-0.2, -0.15) is 0 Å². The molecule has 2 aliphatic rings. The minimum atomic E-state index is -0.947. The maximum Gasteiger partial charge on any atom is 0.494 e. The normalized spacial score (nSPS) is 24.9. The van der Waals surface area contributed by atoms with E-state index in [0.717, 1.165) is 11.0 Å². The molecule has 3 rings (SSSR count). The number of nitrogens with one attached hydrogen (secondary N) is 1. The third-order valence-electron chi connectivity index (χ3n) is 6.59. The predicted octanol–water partition coefficient (Wildman–Crippen LogP) is -0.520. The summed E-state index contributed by atoms with van der Waals surface area (Å²) in [6, 6.07) is 5.63. The molecule has 3 amide bonds. The number of nitrogens with two attached hydrogens (primary N) is 1. The summed E-state index contributed by atoms with van der Waals surface area (Å²) in [7, 11) is -0.493. The number of β-amino-alcohol motifs (C(OH)–C–C–N with tert-alkyl or cyclic N) is 1. The van der Waals surface area contributed by atoms with Crippen LogP contribution in [-0.2, 0) is 30.1 Å². The first-order valence-electron chi connectivity index (χ1n) is 10.8. The van der Waals surface area contributed by atoms with Gasteiger partial charge in [0.2, 0.25) is 17.7 Å². The second-order valence-corrected chi connectivity index (χ2v) is 9.57. The molecule has 0 bridgehead atoms. The van der Waals surface area contributed by atoms with E-state index in [1.165, 1.54) is 11.8 Å². The van der Waals surface area contributed by atoms with Crippen molar-refractivity contribution in [1.29, 1.82) is 0 Å². The lowest BCUT2D eigenvalue weighted by atomic mass is 9.78. The highest BCUT2D eigenvalue weighted by atomic mass is 16.7. The zero-order valence-electron chi connectivity index (χ0n) is 19.3. The van der Waals surface area contributed by atoms with Crippen LogP contribution in [0.25, 0.3) is 0 Å². The molecule has 0 aromatic heterocycles. The number of carbonyl (C=O) groups excluding carboxylic acids is 3. The van der Waals surface area contributed by atoms with E-state index in [0.29, 0.717) is 0 Å². The molecule has 0 aliphatic carbocycles. The molecule has 1 aromatic carbocycles. The number of carbonyl (C=O) groups is 3. The zero-order valence-corrected chi connectivity index (χ0v) is 19.3. The quantitative estimate of drug-likeness (QED) is 0.505. The SMILES string of the molecule is CC(=O)N1C[C@H](O)C[C@H]1C(=O)N[C@@H](Cc1ccc(B2OC(C)(C)C(C)(C)O2)cc1)C(N)=O. The second kappa shape index (κ2) is 8.84. The van der Waals surface area contributed by atoms with Crippen LogP contribution in [0.2, 0.25) is 0 Å². The number of amides is 3. The standard InChI is InChI=1S/C22H32BN3O6/c1-13(27)26-12-16(28)11-18(26)20(30)25-17(19(24)29)10-14-6-8-15(9-7-14)23-31-21(2,3)22(4,5)32-23/h6-9,16-18,28H,10-12H2,1-5H3,(H2,24,29)(H,25,30)/t16-,17+,18+/m1/s1. The fourth-order valence-corrected chi connectivity index (χ4v) is 3.93. The Balaban J connectivity index is 1.66. The van der Waals surface area contributed by atoms with Gasteiger partial charge < -0.3 is 30.4 Å². The summed E-state index contributed by atoms with van der Waals surface area (Å²) >= 11 is 0. The molecule has 9 nitrogen and oxygen atoms in total. The van der Waals surface area contributed by atoms with Crippen LogP contribution in [0.15, 0.2) is 24.3 Å². The van der Waals surface area contributed by atoms with Crippen molar-refractivity contribution >= 4 is 30.3 Å². The van der Waals surface area contributed by atoms with Gasteiger partial charge in [0.25, 0.3) is 0 Å². The van der Waals surface area contributed by atoms with Crippen LogP contribution >= 0.6 is 0 Å². The fraction of sp³-hybridized carbons (Fsp3) is 0.591. The molecule has 0 radical (unpaired) electrons.